The maximum atomic E-state index is 12.3. The highest BCUT2D eigenvalue weighted by atomic mass is 35.5. The number of nitrogens with one attached hydrogen (secondary N) is 2. The Kier molecular flexibility index (Phi) is 8.72. The summed E-state index contributed by atoms with van der Waals surface area (Å²) in [6.07, 6.45) is 2.34. The SMILES string of the molecule is CCNC(=NCCC(=O)Nc1cccc(Cl)c1C)N(C)Cc1cn(C)nc1C(C)C. The first-order valence-electron chi connectivity index (χ1n) is 10.3. The molecule has 0 spiro atoms. The van der Waals surface area contributed by atoms with Gasteiger partial charge in [-0.2, -0.15) is 5.10 Å². The summed E-state index contributed by atoms with van der Waals surface area (Å²) >= 11 is 6.12. The highest BCUT2D eigenvalue weighted by molar-refractivity contribution is 6.31. The Morgan fingerprint density at radius 3 is 2.77 bits per heavy atom. The molecular weight excluding hydrogens is 400 g/mol. The number of rotatable bonds is 8. The molecule has 1 aromatic carbocycles. The van der Waals surface area contributed by atoms with E-state index in [1.165, 1.54) is 5.56 Å². The predicted octanol–water partition coefficient (Wildman–Crippen LogP) is 3.93. The average molecular weight is 433 g/mol. The van der Waals surface area contributed by atoms with Crippen LogP contribution in [-0.2, 0) is 18.4 Å². The quantitative estimate of drug-likeness (QED) is 0.489. The van der Waals surface area contributed by atoms with Gasteiger partial charge in [0.15, 0.2) is 5.96 Å². The zero-order chi connectivity index (χ0) is 22.3. The fourth-order valence-electron chi connectivity index (χ4n) is 3.18. The topological polar surface area (TPSA) is 74.6 Å². The van der Waals surface area contributed by atoms with Gasteiger partial charge < -0.3 is 15.5 Å². The van der Waals surface area contributed by atoms with E-state index in [1.54, 1.807) is 0 Å². The molecule has 2 N–H and O–H groups in total. The Balaban J connectivity index is 1.99. The molecule has 7 nitrogen and oxygen atoms in total. The molecule has 164 valence electrons. The van der Waals surface area contributed by atoms with E-state index in [9.17, 15) is 4.79 Å². The molecule has 0 unspecified atom stereocenters. The minimum Gasteiger partial charge on any atom is -0.357 e. The second kappa shape index (κ2) is 11.0. The van der Waals surface area contributed by atoms with Crippen LogP contribution >= 0.6 is 11.6 Å². The van der Waals surface area contributed by atoms with Crippen LogP contribution in [0.2, 0.25) is 5.02 Å². The smallest absolute Gasteiger partial charge is 0.226 e. The van der Waals surface area contributed by atoms with Crippen molar-refractivity contribution < 1.29 is 4.79 Å². The lowest BCUT2D eigenvalue weighted by Crippen LogP contribution is -2.38. The number of guanidine groups is 1. The van der Waals surface area contributed by atoms with E-state index < -0.39 is 0 Å². The van der Waals surface area contributed by atoms with E-state index in [-0.39, 0.29) is 5.91 Å². The number of aryl methyl sites for hydroxylation is 1. The summed E-state index contributed by atoms with van der Waals surface area (Å²) in [6, 6.07) is 5.48. The largest absolute Gasteiger partial charge is 0.357 e. The van der Waals surface area contributed by atoms with Crippen LogP contribution in [0.5, 0.6) is 0 Å². The number of anilines is 1. The highest BCUT2D eigenvalue weighted by Crippen LogP contribution is 2.23. The van der Waals surface area contributed by atoms with Crippen LogP contribution < -0.4 is 10.6 Å². The monoisotopic (exact) mass is 432 g/mol. The van der Waals surface area contributed by atoms with Gasteiger partial charge in [0.1, 0.15) is 0 Å². The number of aromatic nitrogens is 2. The normalized spacial score (nSPS) is 11.7. The summed E-state index contributed by atoms with van der Waals surface area (Å²) in [4.78, 5) is 19.0. The number of hydrogen-bond donors (Lipinski definition) is 2. The molecule has 1 aromatic heterocycles. The summed E-state index contributed by atoms with van der Waals surface area (Å²) in [6.45, 7) is 10.0. The van der Waals surface area contributed by atoms with Gasteiger partial charge in [0.25, 0.3) is 0 Å². The number of carbonyl (C=O) groups is 1. The van der Waals surface area contributed by atoms with Crippen LogP contribution in [0, 0.1) is 6.92 Å². The van der Waals surface area contributed by atoms with E-state index in [0.717, 1.165) is 29.4 Å². The second-order valence-corrected chi connectivity index (χ2v) is 8.08. The van der Waals surface area contributed by atoms with Crippen molar-refractivity contribution in [3.05, 3.63) is 46.2 Å². The van der Waals surface area contributed by atoms with Gasteiger partial charge in [-0.25, -0.2) is 0 Å². The van der Waals surface area contributed by atoms with Crippen LogP contribution in [0.25, 0.3) is 0 Å². The van der Waals surface area contributed by atoms with Gasteiger partial charge in [0, 0.05) is 56.1 Å². The zero-order valence-electron chi connectivity index (χ0n) is 18.8. The molecule has 0 fully saturated rings. The van der Waals surface area contributed by atoms with Crippen LogP contribution in [-0.4, -0.2) is 46.7 Å². The first-order chi connectivity index (χ1) is 14.2. The lowest BCUT2D eigenvalue weighted by Gasteiger charge is -2.22. The summed E-state index contributed by atoms with van der Waals surface area (Å²) in [7, 11) is 3.93. The fraction of sp³-hybridized carbons (Fsp3) is 0.500. The van der Waals surface area contributed by atoms with Gasteiger partial charge in [-0.05, 0) is 37.5 Å². The van der Waals surface area contributed by atoms with Gasteiger partial charge >= 0.3 is 0 Å². The van der Waals surface area contributed by atoms with Gasteiger partial charge in [-0.15, -0.1) is 0 Å². The lowest BCUT2D eigenvalue weighted by atomic mass is 10.1. The van der Waals surface area contributed by atoms with Crippen molar-refractivity contribution in [1.82, 2.24) is 20.0 Å². The Morgan fingerprint density at radius 2 is 2.10 bits per heavy atom. The van der Waals surface area contributed by atoms with Crippen LogP contribution in [0.3, 0.4) is 0 Å². The Hall–Kier alpha value is -2.54. The molecule has 0 aliphatic rings. The number of benzene rings is 1. The maximum Gasteiger partial charge on any atom is 0.226 e. The van der Waals surface area contributed by atoms with Crippen LogP contribution in [0.4, 0.5) is 5.69 Å². The summed E-state index contributed by atoms with van der Waals surface area (Å²) < 4.78 is 1.85. The van der Waals surface area contributed by atoms with Gasteiger partial charge in [0.2, 0.25) is 5.91 Å². The minimum absolute atomic E-state index is 0.0861. The third-order valence-corrected chi connectivity index (χ3v) is 5.14. The van der Waals surface area contributed by atoms with Gasteiger partial charge in [-0.1, -0.05) is 31.5 Å². The van der Waals surface area contributed by atoms with Crippen molar-refractivity contribution in [2.75, 3.05) is 25.5 Å². The predicted molar refractivity (Wildman–Crippen MR) is 124 cm³/mol. The van der Waals surface area contributed by atoms with Crippen molar-refractivity contribution in [2.45, 2.75) is 46.6 Å². The second-order valence-electron chi connectivity index (χ2n) is 7.67. The van der Waals surface area contributed by atoms with E-state index in [0.29, 0.717) is 30.5 Å². The van der Waals surface area contributed by atoms with E-state index in [4.69, 9.17) is 11.6 Å². The third kappa shape index (κ3) is 6.49. The molecule has 0 aliphatic heterocycles. The van der Waals surface area contributed by atoms with Gasteiger partial charge in [0.05, 0.1) is 12.2 Å². The standard InChI is InChI=1S/C22H33ClN6O/c1-7-24-22(28(5)13-17-14-29(6)27-21(17)15(2)3)25-12-11-20(30)26-19-10-8-9-18(23)16(19)4/h8-10,14-15H,7,11-13H2,1-6H3,(H,24,25)(H,26,30). The van der Waals surface area contributed by atoms with E-state index in [2.05, 4.69) is 45.7 Å². The number of hydrogen-bond acceptors (Lipinski definition) is 3. The Labute approximate surface area is 184 Å². The number of carbonyl (C=O) groups excluding carboxylic acids is 1. The molecule has 0 saturated carbocycles. The molecule has 8 heteroatoms. The summed E-state index contributed by atoms with van der Waals surface area (Å²) in [5.41, 5.74) is 3.87. The maximum absolute atomic E-state index is 12.3. The summed E-state index contributed by atoms with van der Waals surface area (Å²) in [5, 5.41) is 11.4. The molecule has 0 saturated heterocycles. The molecule has 0 atom stereocenters. The van der Waals surface area contributed by atoms with Gasteiger partial charge in [-0.3, -0.25) is 14.5 Å². The first kappa shape index (κ1) is 23.7. The van der Waals surface area contributed by atoms with Crippen molar-refractivity contribution in [1.29, 1.82) is 0 Å². The average Bonchev–Trinajstić information content (AvgIpc) is 3.05. The van der Waals surface area contributed by atoms with E-state index in [1.807, 2.05) is 50.8 Å². The number of halogens is 1. The van der Waals surface area contributed by atoms with E-state index >= 15 is 0 Å². The lowest BCUT2D eigenvalue weighted by molar-refractivity contribution is -0.116. The van der Waals surface area contributed by atoms with Crippen molar-refractivity contribution >= 4 is 29.2 Å². The Morgan fingerprint density at radius 1 is 1.37 bits per heavy atom. The molecule has 2 rings (SSSR count). The van der Waals surface area contributed by atoms with Crippen molar-refractivity contribution in [3.63, 3.8) is 0 Å². The fourth-order valence-corrected chi connectivity index (χ4v) is 3.36. The molecule has 2 aromatic rings. The van der Waals surface area contributed by atoms with Crippen LogP contribution in [0.1, 0.15) is 49.9 Å². The van der Waals surface area contributed by atoms with Crippen molar-refractivity contribution in [3.8, 4) is 0 Å². The molecule has 1 heterocycles. The minimum atomic E-state index is -0.0861. The highest BCUT2D eigenvalue weighted by Gasteiger charge is 2.15. The number of aliphatic imine (C=N–C) groups is 1. The number of amides is 1. The van der Waals surface area contributed by atoms with Crippen LogP contribution in [0.15, 0.2) is 29.4 Å². The zero-order valence-corrected chi connectivity index (χ0v) is 19.5. The molecule has 30 heavy (non-hydrogen) atoms. The third-order valence-electron chi connectivity index (χ3n) is 4.73. The molecule has 0 bridgehead atoms. The number of nitrogens with zero attached hydrogens (tertiary/aromatic N) is 4. The molecular formula is C22H33ClN6O. The molecule has 1 amide bonds. The first-order valence-corrected chi connectivity index (χ1v) is 10.7. The summed E-state index contributed by atoms with van der Waals surface area (Å²) in [5.74, 6) is 1.03. The Bertz CT molecular complexity index is 890. The molecule has 0 radical (unpaired) electrons. The molecule has 0 aliphatic carbocycles. The van der Waals surface area contributed by atoms with Crippen molar-refractivity contribution in [2.24, 2.45) is 12.0 Å².